The zero-order chi connectivity index (χ0) is 24.1. The number of β-amino-alcohol motifs (C(OH)–C–C–N with tert-alkyl or cyclic N) is 1. The van der Waals surface area contributed by atoms with Crippen LogP contribution in [0.2, 0.25) is 0 Å². The Hall–Kier alpha value is -1.67. The van der Waals surface area contributed by atoms with E-state index in [4.69, 9.17) is 4.74 Å². The van der Waals surface area contributed by atoms with Crippen LogP contribution < -0.4 is 10.6 Å². The first-order valence-electron chi connectivity index (χ1n) is 11.9. The standard InChI is InChI=1S/C24H41N3O5/c1-8-11-25-18(29)15-16-20(31)27(12-13-28)17(24(16)10-9-23(15,7)32-24)19(30)26-22(5,6)14-21(2,3)4/h15-17,28H,8-14H2,1-7H3,(H,25,29)(H,26,30)/t15-,16-,17?,23+,24?/m0/s1. The third-order valence-corrected chi connectivity index (χ3v) is 7.13. The van der Waals surface area contributed by atoms with E-state index in [0.717, 1.165) is 12.8 Å². The molecule has 0 aromatic carbocycles. The Balaban J connectivity index is 1.96. The van der Waals surface area contributed by atoms with Crippen molar-refractivity contribution in [3.63, 3.8) is 0 Å². The van der Waals surface area contributed by atoms with Crippen LogP contribution in [-0.2, 0) is 19.1 Å². The molecular formula is C24H41N3O5. The Morgan fingerprint density at radius 1 is 1.19 bits per heavy atom. The lowest BCUT2D eigenvalue weighted by Gasteiger charge is -2.38. The highest BCUT2D eigenvalue weighted by Crippen LogP contribution is 2.63. The number of amides is 3. The predicted molar refractivity (Wildman–Crippen MR) is 121 cm³/mol. The van der Waals surface area contributed by atoms with Crippen molar-refractivity contribution in [2.75, 3.05) is 19.7 Å². The molecule has 0 aromatic rings. The van der Waals surface area contributed by atoms with Gasteiger partial charge in [0, 0.05) is 18.6 Å². The van der Waals surface area contributed by atoms with Crippen LogP contribution in [-0.4, -0.2) is 70.2 Å². The normalized spacial score (nSPS) is 34.1. The monoisotopic (exact) mass is 451 g/mol. The first-order chi connectivity index (χ1) is 14.7. The average Bonchev–Trinajstić information content (AvgIpc) is 3.19. The summed E-state index contributed by atoms with van der Waals surface area (Å²) >= 11 is 0. The van der Waals surface area contributed by atoms with Crippen molar-refractivity contribution in [3.8, 4) is 0 Å². The molecule has 3 saturated heterocycles. The molecule has 3 rings (SSSR count). The van der Waals surface area contributed by atoms with Crippen molar-refractivity contribution < 1.29 is 24.2 Å². The largest absolute Gasteiger partial charge is 0.395 e. The van der Waals surface area contributed by atoms with E-state index in [-0.39, 0.29) is 36.3 Å². The highest BCUT2D eigenvalue weighted by Gasteiger charge is 2.77. The highest BCUT2D eigenvalue weighted by atomic mass is 16.5. The second kappa shape index (κ2) is 8.28. The number of nitrogens with one attached hydrogen (secondary N) is 2. The summed E-state index contributed by atoms with van der Waals surface area (Å²) in [6, 6.07) is -0.864. The average molecular weight is 452 g/mol. The number of carbonyl (C=O) groups is 3. The van der Waals surface area contributed by atoms with E-state index < -0.39 is 34.6 Å². The summed E-state index contributed by atoms with van der Waals surface area (Å²) in [6.07, 6.45) is 2.70. The Kier molecular flexibility index (Phi) is 6.46. The van der Waals surface area contributed by atoms with Gasteiger partial charge in [0.15, 0.2) is 0 Å². The molecule has 3 aliphatic heterocycles. The second-order valence-corrected chi connectivity index (χ2v) is 11.9. The summed E-state index contributed by atoms with van der Waals surface area (Å²) < 4.78 is 6.52. The number of hydrogen-bond donors (Lipinski definition) is 3. The minimum atomic E-state index is -1.04. The third kappa shape index (κ3) is 4.16. The van der Waals surface area contributed by atoms with Crippen molar-refractivity contribution in [3.05, 3.63) is 0 Å². The summed E-state index contributed by atoms with van der Waals surface area (Å²) in [7, 11) is 0. The third-order valence-electron chi connectivity index (χ3n) is 7.13. The van der Waals surface area contributed by atoms with Crippen LogP contribution in [0.4, 0.5) is 0 Å². The summed E-state index contributed by atoms with van der Waals surface area (Å²) in [5, 5.41) is 15.7. The first-order valence-corrected chi connectivity index (χ1v) is 11.9. The number of fused-ring (bicyclic) bond motifs is 1. The van der Waals surface area contributed by atoms with E-state index >= 15 is 0 Å². The topological polar surface area (TPSA) is 108 Å². The number of ether oxygens (including phenoxy) is 1. The quantitative estimate of drug-likeness (QED) is 0.520. The number of carbonyl (C=O) groups excluding carboxylic acids is 3. The van der Waals surface area contributed by atoms with E-state index in [1.54, 1.807) is 0 Å². The van der Waals surface area contributed by atoms with Gasteiger partial charge in [0.1, 0.15) is 11.6 Å². The molecule has 3 aliphatic rings. The number of hydrogen-bond acceptors (Lipinski definition) is 5. The molecule has 8 nitrogen and oxygen atoms in total. The molecular weight excluding hydrogens is 410 g/mol. The Morgan fingerprint density at radius 2 is 1.84 bits per heavy atom. The molecule has 32 heavy (non-hydrogen) atoms. The maximum absolute atomic E-state index is 13.7. The molecule has 3 N–H and O–H groups in total. The Morgan fingerprint density at radius 3 is 2.41 bits per heavy atom. The second-order valence-electron chi connectivity index (χ2n) is 11.9. The number of rotatable bonds is 8. The van der Waals surface area contributed by atoms with Gasteiger partial charge in [-0.3, -0.25) is 14.4 Å². The lowest BCUT2D eigenvalue weighted by Crippen LogP contribution is -2.59. The zero-order valence-electron chi connectivity index (χ0n) is 20.7. The van der Waals surface area contributed by atoms with Gasteiger partial charge in [-0.1, -0.05) is 27.7 Å². The van der Waals surface area contributed by atoms with Gasteiger partial charge in [-0.15, -0.1) is 0 Å². The summed E-state index contributed by atoms with van der Waals surface area (Å²) in [6.45, 7) is 14.5. The highest BCUT2D eigenvalue weighted by molar-refractivity contribution is 5.99. The fourth-order valence-corrected chi connectivity index (χ4v) is 6.61. The minimum Gasteiger partial charge on any atom is -0.395 e. The number of aliphatic hydroxyl groups is 1. The van der Waals surface area contributed by atoms with Crippen molar-refractivity contribution >= 4 is 17.7 Å². The van der Waals surface area contributed by atoms with Crippen LogP contribution in [0.1, 0.15) is 74.1 Å². The molecule has 182 valence electrons. The van der Waals surface area contributed by atoms with E-state index in [9.17, 15) is 19.5 Å². The molecule has 5 atom stereocenters. The molecule has 3 amide bonds. The van der Waals surface area contributed by atoms with E-state index in [1.807, 2.05) is 27.7 Å². The molecule has 8 heteroatoms. The maximum Gasteiger partial charge on any atom is 0.246 e. The molecule has 2 unspecified atom stereocenters. The Labute approximate surface area is 191 Å². The van der Waals surface area contributed by atoms with Gasteiger partial charge in [0.25, 0.3) is 0 Å². The van der Waals surface area contributed by atoms with Crippen LogP contribution in [0.15, 0.2) is 0 Å². The molecule has 0 saturated carbocycles. The summed E-state index contributed by atoms with van der Waals surface area (Å²) in [4.78, 5) is 41.8. The predicted octanol–water partition coefficient (Wildman–Crippen LogP) is 1.60. The van der Waals surface area contributed by atoms with Gasteiger partial charge < -0.3 is 25.4 Å². The fraction of sp³-hybridized carbons (Fsp3) is 0.875. The minimum absolute atomic E-state index is 0.00608. The first kappa shape index (κ1) is 25.0. The molecule has 0 aliphatic carbocycles. The molecule has 0 aromatic heterocycles. The van der Waals surface area contributed by atoms with E-state index in [1.165, 1.54) is 4.90 Å². The van der Waals surface area contributed by atoms with Crippen molar-refractivity contribution in [1.82, 2.24) is 15.5 Å². The molecule has 1 spiro atoms. The van der Waals surface area contributed by atoms with Crippen LogP contribution >= 0.6 is 0 Å². The van der Waals surface area contributed by atoms with Crippen LogP contribution in [0, 0.1) is 17.3 Å². The van der Waals surface area contributed by atoms with Crippen molar-refractivity contribution in [2.24, 2.45) is 17.3 Å². The van der Waals surface area contributed by atoms with Gasteiger partial charge in [0.05, 0.1) is 24.0 Å². The molecule has 3 fully saturated rings. The molecule has 2 bridgehead atoms. The number of likely N-dealkylation sites (tertiary alicyclic amines) is 1. The zero-order valence-corrected chi connectivity index (χ0v) is 20.7. The lowest BCUT2D eigenvalue weighted by atomic mass is 9.66. The fourth-order valence-electron chi connectivity index (χ4n) is 6.61. The SMILES string of the molecule is CCCNC(=O)[C@@H]1[C@H]2C(=O)N(CCO)C(C(=O)NC(C)(C)CC(C)(C)C)C23CC[C@@]1(C)O3. The van der Waals surface area contributed by atoms with Gasteiger partial charge in [-0.25, -0.2) is 0 Å². The van der Waals surface area contributed by atoms with Gasteiger partial charge in [-0.2, -0.15) is 0 Å². The Bertz CT molecular complexity index is 776. The molecule has 3 heterocycles. The summed E-state index contributed by atoms with van der Waals surface area (Å²) in [5.74, 6) is -2.09. The van der Waals surface area contributed by atoms with Gasteiger partial charge in [0.2, 0.25) is 17.7 Å². The van der Waals surface area contributed by atoms with Crippen molar-refractivity contribution in [2.45, 2.75) is 96.9 Å². The van der Waals surface area contributed by atoms with Crippen molar-refractivity contribution in [1.29, 1.82) is 0 Å². The summed E-state index contributed by atoms with van der Waals surface area (Å²) in [5.41, 5.74) is -2.30. The smallest absolute Gasteiger partial charge is 0.246 e. The van der Waals surface area contributed by atoms with Crippen LogP contribution in [0.5, 0.6) is 0 Å². The van der Waals surface area contributed by atoms with E-state index in [2.05, 4.69) is 31.4 Å². The van der Waals surface area contributed by atoms with E-state index in [0.29, 0.717) is 19.4 Å². The number of nitrogens with zero attached hydrogens (tertiary/aromatic N) is 1. The number of aliphatic hydroxyl groups excluding tert-OH is 1. The van der Waals surface area contributed by atoms with Gasteiger partial charge >= 0.3 is 0 Å². The van der Waals surface area contributed by atoms with Gasteiger partial charge in [-0.05, 0) is 51.9 Å². The maximum atomic E-state index is 13.7. The van der Waals surface area contributed by atoms with Crippen LogP contribution in [0.3, 0.4) is 0 Å². The lowest BCUT2D eigenvalue weighted by molar-refractivity contribution is -0.147. The van der Waals surface area contributed by atoms with Crippen LogP contribution in [0.25, 0.3) is 0 Å². The molecule has 0 radical (unpaired) electrons.